The number of nitrogens with zero attached hydrogens (tertiary/aromatic N) is 3. The molecule has 1 aliphatic heterocycles. The topological polar surface area (TPSA) is 55.9 Å². The van der Waals surface area contributed by atoms with Gasteiger partial charge in [-0.2, -0.15) is 0 Å². The van der Waals surface area contributed by atoms with Crippen LogP contribution in [0, 0.1) is 0 Å². The third kappa shape index (κ3) is 4.38. The summed E-state index contributed by atoms with van der Waals surface area (Å²) in [5, 5.41) is 2.98. The fraction of sp³-hybridized carbons (Fsp3) is 0.846. The quantitative estimate of drug-likeness (QED) is 0.778. The number of rotatable bonds is 4. The highest BCUT2D eigenvalue weighted by molar-refractivity contribution is 5.78. The van der Waals surface area contributed by atoms with E-state index in [1.807, 2.05) is 28.8 Å². The van der Waals surface area contributed by atoms with Gasteiger partial charge < -0.3 is 20.0 Å². The molecule has 0 aromatic heterocycles. The first-order valence-corrected chi connectivity index (χ1v) is 7.04. The van der Waals surface area contributed by atoms with Crippen molar-refractivity contribution in [1.29, 1.82) is 0 Å². The van der Waals surface area contributed by atoms with Gasteiger partial charge in [-0.05, 0) is 26.9 Å². The lowest BCUT2D eigenvalue weighted by molar-refractivity contribution is -0.132. The van der Waals surface area contributed by atoms with Crippen molar-refractivity contribution >= 4 is 11.9 Å². The van der Waals surface area contributed by atoms with E-state index in [2.05, 4.69) is 5.32 Å². The molecule has 1 heterocycles. The molecule has 6 nitrogen and oxygen atoms in total. The summed E-state index contributed by atoms with van der Waals surface area (Å²) < 4.78 is 0. The third-order valence-electron chi connectivity index (χ3n) is 3.60. The standard InChI is InChI=1S/C13H24N4O2/c1-15(2)6-5-12(18)16-7-9-17(10-8-16)13(19)14-11-3-4-11/h11H,3-10H2,1-2H3,(H,14,19). The second kappa shape index (κ2) is 6.23. The van der Waals surface area contributed by atoms with Crippen molar-refractivity contribution in [3.8, 4) is 0 Å². The van der Waals surface area contributed by atoms with E-state index in [0.29, 0.717) is 38.6 Å². The first kappa shape index (κ1) is 14.1. The largest absolute Gasteiger partial charge is 0.339 e. The average Bonchev–Trinajstić information content (AvgIpc) is 3.20. The van der Waals surface area contributed by atoms with Gasteiger partial charge >= 0.3 is 6.03 Å². The van der Waals surface area contributed by atoms with Crippen molar-refractivity contribution in [2.75, 3.05) is 46.8 Å². The molecular formula is C13H24N4O2. The molecular weight excluding hydrogens is 244 g/mol. The Hall–Kier alpha value is -1.30. The van der Waals surface area contributed by atoms with Gasteiger partial charge in [0.1, 0.15) is 0 Å². The van der Waals surface area contributed by atoms with E-state index >= 15 is 0 Å². The molecule has 0 aromatic carbocycles. The Morgan fingerprint density at radius 3 is 2.21 bits per heavy atom. The normalized spacial score (nSPS) is 19.7. The number of carbonyl (C=O) groups is 2. The predicted molar refractivity (Wildman–Crippen MR) is 72.9 cm³/mol. The Morgan fingerprint density at radius 1 is 1.11 bits per heavy atom. The molecule has 0 spiro atoms. The molecule has 1 N–H and O–H groups in total. The summed E-state index contributed by atoms with van der Waals surface area (Å²) in [5.74, 6) is 0.191. The Morgan fingerprint density at radius 2 is 1.68 bits per heavy atom. The number of urea groups is 1. The second-order valence-corrected chi connectivity index (χ2v) is 5.64. The number of amides is 3. The van der Waals surface area contributed by atoms with Gasteiger partial charge in [-0.3, -0.25) is 4.79 Å². The fourth-order valence-electron chi connectivity index (χ4n) is 2.13. The molecule has 2 aliphatic rings. The summed E-state index contributed by atoms with van der Waals surface area (Å²) in [4.78, 5) is 29.5. The maximum atomic E-state index is 11.9. The van der Waals surface area contributed by atoms with Crippen molar-refractivity contribution in [2.45, 2.75) is 25.3 Å². The van der Waals surface area contributed by atoms with Gasteiger partial charge in [-0.25, -0.2) is 4.79 Å². The van der Waals surface area contributed by atoms with Crippen LogP contribution in [0.15, 0.2) is 0 Å². The summed E-state index contributed by atoms with van der Waals surface area (Å²) in [7, 11) is 3.93. The van der Waals surface area contributed by atoms with Crippen LogP contribution in [0.3, 0.4) is 0 Å². The third-order valence-corrected chi connectivity index (χ3v) is 3.60. The summed E-state index contributed by atoms with van der Waals surface area (Å²) >= 11 is 0. The van der Waals surface area contributed by atoms with Crippen LogP contribution in [0.2, 0.25) is 0 Å². The highest BCUT2D eigenvalue weighted by Crippen LogP contribution is 2.19. The number of hydrogen-bond acceptors (Lipinski definition) is 3. The van der Waals surface area contributed by atoms with Gasteiger partial charge in [0.05, 0.1) is 0 Å². The van der Waals surface area contributed by atoms with E-state index in [0.717, 1.165) is 19.4 Å². The molecule has 1 aliphatic carbocycles. The van der Waals surface area contributed by atoms with Crippen LogP contribution in [0.1, 0.15) is 19.3 Å². The first-order chi connectivity index (χ1) is 9.06. The summed E-state index contributed by atoms with van der Waals surface area (Å²) in [5.41, 5.74) is 0. The van der Waals surface area contributed by atoms with Crippen LogP contribution < -0.4 is 5.32 Å². The predicted octanol–water partition coefficient (Wildman–Crippen LogP) is -0.0457. The molecule has 6 heteroatoms. The minimum atomic E-state index is 0.0305. The average molecular weight is 268 g/mol. The molecule has 1 saturated heterocycles. The van der Waals surface area contributed by atoms with E-state index in [1.54, 1.807) is 0 Å². The highest BCUT2D eigenvalue weighted by atomic mass is 16.2. The van der Waals surface area contributed by atoms with E-state index in [-0.39, 0.29) is 11.9 Å². The zero-order chi connectivity index (χ0) is 13.8. The minimum Gasteiger partial charge on any atom is -0.339 e. The molecule has 0 atom stereocenters. The molecule has 2 rings (SSSR count). The molecule has 108 valence electrons. The number of nitrogens with one attached hydrogen (secondary N) is 1. The van der Waals surface area contributed by atoms with Crippen molar-refractivity contribution in [3.05, 3.63) is 0 Å². The molecule has 1 saturated carbocycles. The van der Waals surface area contributed by atoms with Crippen LogP contribution in [0.25, 0.3) is 0 Å². The van der Waals surface area contributed by atoms with Crippen LogP contribution in [0.4, 0.5) is 4.79 Å². The van der Waals surface area contributed by atoms with Crippen molar-refractivity contribution in [1.82, 2.24) is 20.0 Å². The molecule has 0 bridgehead atoms. The Kier molecular flexibility index (Phi) is 4.63. The smallest absolute Gasteiger partial charge is 0.317 e. The number of hydrogen-bond donors (Lipinski definition) is 1. The second-order valence-electron chi connectivity index (χ2n) is 5.64. The molecule has 0 unspecified atom stereocenters. The van der Waals surface area contributed by atoms with Crippen LogP contribution in [-0.4, -0.2) is 79.5 Å². The lowest BCUT2D eigenvalue weighted by Crippen LogP contribution is -2.53. The highest BCUT2D eigenvalue weighted by Gasteiger charge is 2.28. The maximum absolute atomic E-state index is 11.9. The SMILES string of the molecule is CN(C)CCC(=O)N1CCN(C(=O)NC2CC2)CC1. The number of carbonyl (C=O) groups excluding carboxylic acids is 2. The summed E-state index contributed by atoms with van der Waals surface area (Å²) in [6, 6.07) is 0.426. The van der Waals surface area contributed by atoms with Gasteiger partial charge in [0.2, 0.25) is 5.91 Å². The lowest BCUT2D eigenvalue weighted by Gasteiger charge is -2.35. The van der Waals surface area contributed by atoms with E-state index in [1.165, 1.54) is 0 Å². The van der Waals surface area contributed by atoms with Crippen LogP contribution in [-0.2, 0) is 4.79 Å². The molecule has 2 fully saturated rings. The fourth-order valence-corrected chi connectivity index (χ4v) is 2.13. The molecule has 0 aromatic rings. The molecule has 0 radical (unpaired) electrons. The van der Waals surface area contributed by atoms with Gasteiger partial charge in [0, 0.05) is 45.2 Å². The summed E-state index contributed by atoms with van der Waals surface area (Å²) in [6.07, 6.45) is 2.77. The Labute approximate surface area is 114 Å². The molecule has 3 amide bonds. The Balaban J connectivity index is 1.69. The van der Waals surface area contributed by atoms with E-state index < -0.39 is 0 Å². The minimum absolute atomic E-state index is 0.0305. The van der Waals surface area contributed by atoms with Crippen LogP contribution in [0.5, 0.6) is 0 Å². The monoisotopic (exact) mass is 268 g/mol. The Bertz CT molecular complexity index is 334. The van der Waals surface area contributed by atoms with Gasteiger partial charge in [0.15, 0.2) is 0 Å². The molecule has 19 heavy (non-hydrogen) atoms. The van der Waals surface area contributed by atoms with Gasteiger partial charge in [-0.1, -0.05) is 0 Å². The zero-order valence-corrected chi connectivity index (χ0v) is 11.9. The van der Waals surface area contributed by atoms with E-state index in [4.69, 9.17) is 0 Å². The number of piperazine rings is 1. The van der Waals surface area contributed by atoms with Gasteiger partial charge in [0.25, 0.3) is 0 Å². The summed E-state index contributed by atoms with van der Waals surface area (Å²) in [6.45, 7) is 3.38. The van der Waals surface area contributed by atoms with Gasteiger partial charge in [-0.15, -0.1) is 0 Å². The first-order valence-electron chi connectivity index (χ1n) is 7.04. The van der Waals surface area contributed by atoms with Crippen molar-refractivity contribution in [3.63, 3.8) is 0 Å². The van der Waals surface area contributed by atoms with Crippen molar-refractivity contribution < 1.29 is 9.59 Å². The van der Waals surface area contributed by atoms with E-state index in [9.17, 15) is 9.59 Å². The lowest BCUT2D eigenvalue weighted by atomic mass is 10.2. The van der Waals surface area contributed by atoms with Crippen molar-refractivity contribution in [2.24, 2.45) is 0 Å². The zero-order valence-electron chi connectivity index (χ0n) is 11.9. The van der Waals surface area contributed by atoms with Crippen LogP contribution >= 0.6 is 0 Å². The maximum Gasteiger partial charge on any atom is 0.317 e.